The Hall–Kier alpha value is -3.76. The summed E-state index contributed by atoms with van der Waals surface area (Å²) in [6, 6.07) is 4.52. The second-order valence-electron chi connectivity index (χ2n) is 7.74. The smallest absolute Gasteiger partial charge is 0.296 e. The quantitative estimate of drug-likeness (QED) is 0.121. The Morgan fingerprint density at radius 2 is 1.34 bits per heavy atom. The molecule has 0 spiro atoms. The number of hydrogen-bond acceptors (Lipinski definition) is 14. The molecule has 0 fully saturated rings. The van der Waals surface area contributed by atoms with Crippen LogP contribution in [0.5, 0.6) is 11.5 Å². The number of nitrogens with zero attached hydrogens (tertiary/aromatic N) is 5. The molecule has 0 saturated carbocycles. The van der Waals surface area contributed by atoms with E-state index in [1.807, 2.05) is 0 Å². The fraction of sp³-hybridized carbons (Fsp3) is 0. The Balaban J connectivity index is 2.04. The van der Waals surface area contributed by atoms with Gasteiger partial charge in [0.05, 0.1) is 15.5 Å². The number of aromatic nitrogens is 3. The molecule has 0 aliphatic rings. The fourth-order valence-electron chi connectivity index (χ4n) is 3.35. The Bertz CT molecular complexity index is 2090. The van der Waals surface area contributed by atoms with Crippen LogP contribution in [0.4, 0.5) is 23.0 Å². The standard InChI is InChI=1S/C19H12Cl2N6O11S3/c20-17-23-18(21)25-19(24-17)22-11-6-9(40(33,34)35)3-7-4-13(41(36,37)38)15(16(29)14(7)11)27-26-10-5-8(39(30,31)32)1-2-12(10)28/h1-6,28-29H,(H,30,31,32)(H,33,34,35)(H,36,37,38)(H,22,23,24,25). The maximum atomic E-state index is 12.2. The molecule has 0 unspecified atom stereocenters. The molecule has 6 N–H and O–H groups in total. The van der Waals surface area contributed by atoms with Crippen LogP contribution < -0.4 is 5.32 Å². The highest BCUT2D eigenvalue weighted by Crippen LogP contribution is 2.46. The highest BCUT2D eigenvalue weighted by Gasteiger charge is 2.26. The average molecular weight is 667 g/mol. The first-order valence-corrected chi connectivity index (χ1v) is 15.3. The number of aromatic hydroxyl groups is 2. The molecule has 0 saturated heterocycles. The minimum absolute atomic E-state index is 0.387. The average Bonchev–Trinajstić information content (AvgIpc) is 2.81. The first-order valence-electron chi connectivity index (χ1n) is 10.2. The van der Waals surface area contributed by atoms with Crippen molar-refractivity contribution in [2.24, 2.45) is 10.2 Å². The molecule has 0 aliphatic carbocycles. The van der Waals surface area contributed by atoms with Gasteiger partial charge in [0, 0.05) is 5.39 Å². The van der Waals surface area contributed by atoms with E-state index in [1.54, 1.807) is 0 Å². The highest BCUT2D eigenvalue weighted by atomic mass is 35.5. The zero-order chi connectivity index (χ0) is 30.5. The highest BCUT2D eigenvalue weighted by molar-refractivity contribution is 7.86. The summed E-state index contributed by atoms with van der Waals surface area (Å²) in [6.07, 6.45) is 0. The zero-order valence-corrected chi connectivity index (χ0v) is 23.3. The predicted molar refractivity (Wildman–Crippen MR) is 140 cm³/mol. The summed E-state index contributed by atoms with van der Waals surface area (Å²) in [5, 5.41) is 29.1. The van der Waals surface area contributed by atoms with Gasteiger partial charge in [0.1, 0.15) is 22.0 Å². The SMILES string of the molecule is O=S(=O)(O)c1ccc(O)c(N=Nc2c(S(=O)(=O)O)cc3cc(S(=O)(=O)O)cc(Nc4nc(Cl)nc(Cl)n4)c3c2O)c1. The third-order valence-electron chi connectivity index (χ3n) is 5.03. The minimum atomic E-state index is -5.24. The van der Waals surface area contributed by atoms with Gasteiger partial charge in [-0.2, -0.15) is 40.2 Å². The van der Waals surface area contributed by atoms with Gasteiger partial charge in [0.2, 0.25) is 16.5 Å². The van der Waals surface area contributed by atoms with Crippen molar-refractivity contribution in [2.75, 3.05) is 5.32 Å². The number of rotatable bonds is 7. The van der Waals surface area contributed by atoms with E-state index in [-0.39, 0.29) is 11.1 Å². The van der Waals surface area contributed by atoms with E-state index in [0.29, 0.717) is 12.1 Å². The molecular formula is C19H12Cl2N6O11S3. The Labute approximate surface area is 239 Å². The maximum Gasteiger partial charge on any atom is 0.296 e. The molecule has 0 amide bonds. The van der Waals surface area contributed by atoms with E-state index in [4.69, 9.17) is 23.2 Å². The van der Waals surface area contributed by atoms with Crippen LogP contribution in [0, 0.1) is 0 Å². The number of fused-ring (bicyclic) bond motifs is 1. The summed E-state index contributed by atoms with van der Waals surface area (Å²) in [7, 11) is -14.9. The Morgan fingerprint density at radius 1 is 0.732 bits per heavy atom. The lowest BCUT2D eigenvalue weighted by molar-refractivity contribution is 0.471. The predicted octanol–water partition coefficient (Wildman–Crippen LogP) is 3.64. The fourth-order valence-corrected chi connectivity index (χ4v) is 5.42. The Morgan fingerprint density at radius 3 is 1.90 bits per heavy atom. The molecule has 0 aliphatic heterocycles. The summed E-state index contributed by atoms with van der Waals surface area (Å²) in [4.78, 5) is 8.34. The van der Waals surface area contributed by atoms with Gasteiger partial charge in [-0.1, -0.05) is 0 Å². The van der Waals surface area contributed by atoms with Gasteiger partial charge in [-0.05, 0) is 65.0 Å². The van der Waals surface area contributed by atoms with Gasteiger partial charge in [0.15, 0.2) is 5.75 Å². The summed E-state index contributed by atoms with van der Waals surface area (Å²) >= 11 is 11.5. The second kappa shape index (κ2) is 10.6. The monoisotopic (exact) mass is 666 g/mol. The van der Waals surface area contributed by atoms with Gasteiger partial charge in [-0.25, -0.2) is 0 Å². The van der Waals surface area contributed by atoms with Crippen molar-refractivity contribution >= 4 is 87.3 Å². The van der Waals surface area contributed by atoms with Crippen molar-refractivity contribution in [2.45, 2.75) is 14.7 Å². The number of hydrogen-bond donors (Lipinski definition) is 6. The summed E-state index contributed by atoms with van der Waals surface area (Å²) in [6.45, 7) is 0. The molecule has 1 heterocycles. The maximum absolute atomic E-state index is 12.2. The van der Waals surface area contributed by atoms with Crippen molar-refractivity contribution in [1.82, 2.24) is 15.0 Å². The van der Waals surface area contributed by atoms with Crippen LogP contribution >= 0.6 is 23.2 Å². The third kappa shape index (κ3) is 6.60. The minimum Gasteiger partial charge on any atom is -0.506 e. The molecule has 0 radical (unpaired) electrons. The van der Waals surface area contributed by atoms with E-state index < -0.39 is 89.8 Å². The van der Waals surface area contributed by atoms with Crippen LogP contribution in [-0.2, 0) is 30.4 Å². The zero-order valence-electron chi connectivity index (χ0n) is 19.4. The lowest BCUT2D eigenvalue weighted by Crippen LogP contribution is -2.05. The molecule has 216 valence electrons. The Kier molecular flexibility index (Phi) is 7.79. The van der Waals surface area contributed by atoms with Crippen LogP contribution in [0.15, 0.2) is 61.3 Å². The molecule has 41 heavy (non-hydrogen) atoms. The number of phenolic OH excluding ortho intramolecular Hbond substituents is 2. The number of halogens is 2. The number of phenols is 2. The normalized spacial score (nSPS) is 12.7. The summed E-state index contributed by atoms with van der Waals surface area (Å²) < 4.78 is 99.7. The van der Waals surface area contributed by atoms with Crippen molar-refractivity contribution in [3.63, 3.8) is 0 Å². The first kappa shape index (κ1) is 30.2. The topological polar surface area (TPSA) is 279 Å². The molecule has 0 bridgehead atoms. The van der Waals surface area contributed by atoms with Gasteiger partial charge >= 0.3 is 0 Å². The molecule has 1 aromatic heterocycles. The van der Waals surface area contributed by atoms with Crippen LogP contribution in [0.1, 0.15) is 0 Å². The van der Waals surface area contributed by atoms with Crippen LogP contribution in [0.25, 0.3) is 10.8 Å². The van der Waals surface area contributed by atoms with Crippen molar-refractivity contribution in [1.29, 1.82) is 0 Å². The first-order chi connectivity index (χ1) is 18.8. The molecule has 3 aromatic carbocycles. The summed E-state index contributed by atoms with van der Waals surface area (Å²) in [5.41, 5.74) is -1.97. The van der Waals surface area contributed by atoms with Crippen LogP contribution in [0.3, 0.4) is 0 Å². The van der Waals surface area contributed by atoms with Gasteiger partial charge in [0.25, 0.3) is 30.4 Å². The van der Waals surface area contributed by atoms with Crippen LogP contribution in [-0.4, -0.2) is 64.1 Å². The van der Waals surface area contributed by atoms with Gasteiger partial charge < -0.3 is 15.5 Å². The third-order valence-corrected chi connectivity index (χ3v) is 7.92. The number of azo groups is 1. The van der Waals surface area contributed by atoms with Crippen molar-refractivity contribution in [3.8, 4) is 11.5 Å². The number of benzene rings is 3. The van der Waals surface area contributed by atoms with E-state index in [9.17, 15) is 49.1 Å². The molecule has 17 nitrogen and oxygen atoms in total. The van der Waals surface area contributed by atoms with Gasteiger partial charge in [-0.15, -0.1) is 10.2 Å². The molecule has 22 heteroatoms. The molecule has 4 rings (SSSR count). The second-order valence-corrected chi connectivity index (χ2v) is 12.6. The molecular weight excluding hydrogens is 655 g/mol. The lowest BCUT2D eigenvalue weighted by Gasteiger charge is -2.15. The van der Waals surface area contributed by atoms with E-state index >= 15 is 0 Å². The van der Waals surface area contributed by atoms with E-state index in [1.165, 1.54) is 0 Å². The van der Waals surface area contributed by atoms with Crippen LogP contribution in [0.2, 0.25) is 10.6 Å². The number of anilines is 2. The van der Waals surface area contributed by atoms with Crippen molar-refractivity contribution in [3.05, 3.63) is 47.0 Å². The largest absolute Gasteiger partial charge is 0.506 e. The molecule has 4 aromatic rings. The van der Waals surface area contributed by atoms with E-state index in [2.05, 4.69) is 30.5 Å². The molecule has 0 atom stereocenters. The van der Waals surface area contributed by atoms with E-state index in [0.717, 1.165) is 24.3 Å². The van der Waals surface area contributed by atoms with Crippen molar-refractivity contribution < 1.29 is 49.1 Å². The lowest BCUT2D eigenvalue weighted by atomic mass is 10.1. The number of nitrogens with one attached hydrogen (secondary N) is 1. The van der Waals surface area contributed by atoms with Gasteiger partial charge in [-0.3, -0.25) is 13.7 Å². The summed E-state index contributed by atoms with van der Waals surface area (Å²) in [5.74, 6) is -2.13.